The predicted molar refractivity (Wildman–Crippen MR) is 305 cm³/mol. The van der Waals surface area contributed by atoms with Gasteiger partial charge in [0.15, 0.2) is 0 Å². The topological polar surface area (TPSA) is 0 Å². The summed E-state index contributed by atoms with van der Waals surface area (Å²) in [6.45, 7) is 62.8. The second kappa shape index (κ2) is 39.8. The molecule has 0 saturated heterocycles. The maximum atomic E-state index is 2.34. The van der Waals surface area contributed by atoms with Crippen LogP contribution in [0.4, 0.5) is 0 Å². The van der Waals surface area contributed by atoms with Gasteiger partial charge in [0.2, 0.25) is 0 Å². The molecule has 0 aromatic carbocycles. The Kier molecular flexibility index (Phi) is 45.4. The van der Waals surface area contributed by atoms with Gasteiger partial charge in [0.05, 0.1) is 0 Å². The lowest BCUT2D eigenvalue weighted by molar-refractivity contribution is 0.330. The molecule has 0 N–H and O–H groups in total. The Hall–Kier alpha value is 0. The van der Waals surface area contributed by atoms with E-state index >= 15 is 0 Å². The van der Waals surface area contributed by atoms with E-state index in [2.05, 4.69) is 187 Å². The highest BCUT2D eigenvalue weighted by Gasteiger charge is 2.14. The molecule has 0 radical (unpaired) electrons. The lowest BCUT2D eigenvalue weighted by atomic mass is 9.86. The quantitative estimate of drug-likeness (QED) is 0.0801. The lowest BCUT2D eigenvalue weighted by Crippen LogP contribution is -2.06. The van der Waals surface area contributed by atoms with Gasteiger partial charge in [-0.25, -0.2) is 0 Å². The van der Waals surface area contributed by atoms with Crippen LogP contribution in [-0.2, 0) is 0 Å². The molecule has 64 heavy (non-hydrogen) atoms. The molecule has 0 heteroatoms. The molecule has 0 aromatic heterocycles. The number of hydrogen-bond donors (Lipinski definition) is 0. The first kappa shape index (κ1) is 73.0. The van der Waals surface area contributed by atoms with Gasteiger partial charge in [-0.1, -0.05) is 309 Å². The van der Waals surface area contributed by atoms with Gasteiger partial charge in [0, 0.05) is 0 Å². The zero-order valence-corrected chi connectivity index (χ0v) is 51.3. The third-order valence-electron chi connectivity index (χ3n) is 11.7. The third-order valence-corrected chi connectivity index (χ3v) is 11.7. The fourth-order valence-corrected chi connectivity index (χ4v) is 7.85. The highest BCUT2D eigenvalue weighted by Crippen LogP contribution is 2.28. The van der Waals surface area contributed by atoms with Crippen molar-refractivity contribution in [2.75, 3.05) is 0 Å². The maximum absolute atomic E-state index is 2.34. The summed E-state index contributed by atoms with van der Waals surface area (Å²) in [6, 6.07) is 0. The van der Waals surface area contributed by atoms with Crippen LogP contribution in [0.15, 0.2) is 0 Å². The van der Waals surface area contributed by atoms with Crippen molar-refractivity contribution < 1.29 is 0 Å². The summed E-state index contributed by atoms with van der Waals surface area (Å²) in [5, 5.41) is 0. The summed E-state index contributed by atoms with van der Waals surface area (Å²) in [5.41, 5.74) is 3.73. The van der Waals surface area contributed by atoms with Crippen molar-refractivity contribution >= 4 is 0 Å². The van der Waals surface area contributed by atoms with Crippen LogP contribution in [0.25, 0.3) is 0 Å². The summed E-state index contributed by atoms with van der Waals surface area (Å²) in [6.07, 6.45) is 38.1. The van der Waals surface area contributed by atoms with E-state index in [1.165, 1.54) is 173 Å². The van der Waals surface area contributed by atoms with E-state index in [4.69, 9.17) is 0 Å². The minimum absolute atomic E-state index is 0.529. The van der Waals surface area contributed by atoms with E-state index in [1.807, 2.05) is 0 Å². The van der Waals surface area contributed by atoms with E-state index in [0.29, 0.717) is 37.9 Å². The van der Waals surface area contributed by atoms with E-state index in [0.717, 1.165) is 17.8 Å². The summed E-state index contributed by atoms with van der Waals surface area (Å²) >= 11 is 0. The fourth-order valence-electron chi connectivity index (χ4n) is 7.85. The van der Waals surface area contributed by atoms with Gasteiger partial charge in [-0.05, 0) is 107 Å². The monoisotopic (exact) mass is 907 g/mol. The second-order valence-corrected chi connectivity index (χ2v) is 30.7. The van der Waals surface area contributed by atoms with Crippen LogP contribution >= 0.6 is 0 Å². The molecule has 0 aliphatic carbocycles. The van der Waals surface area contributed by atoms with Gasteiger partial charge in [-0.3, -0.25) is 0 Å². The first-order valence-electron chi connectivity index (χ1n) is 28.7. The van der Waals surface area contributed by atoms with Crippen molar-refractivity contribution in [1.82, 2.24) is 0 Å². The highest BCUT2D eigenvalue weighted by molar-refractivity contribution is 4.67. The Labute approximate surface area is 414 Å². The molecule has 0 fully saturated rings. The fraction of sp³-hybridized carbons (Fsp3) is 1.00. The van der Waals surface area contributed by atoms with Gasteiger partial charge in [-0.15, -0.1) is 0 Å². The smallest absolute Gasteiger partial charge is 0.0383 e. The van der Waals surface area contributed by atoms with Crippen molar-refractivity contribution in [2.45, 2.75) is 360 Å². The molecule has 0 spiro atoms. The van der Waals surface area contributed by atoms with Gasteiger partial charge < -0.3 is 0 Å². The van der Waals surface area contributed by atoms with E-state index in [1.54, 1.807) is 0 Å². The summed E-state index contributed by atoms with van der Waals surface area (Å²) < 4.78 is 0. The van der Waals surface area contributed by atoms with Crippen LogP contribution in [0.3, 0.4) is 0 Å². The molecule has 0 amide bonds. The summed E-state index contributed by atoms with van der Waals surface area (Å²) in [4.78, 5) is 0. The van der Waals surface area contributed by atoms with E-state index in [-0.39, 0.29) is 0 Å². The average molecular weight is 908 g/mol. The first-order valence-corrected chi connectivity index (χ1v) is 28.7. The van der Waals surface area contributed by atoms with Crippen molar-refractivity contribution in [3.63, 3.8) is 0 Å². The lowest BCUT2D eigenvalue weighted by Gasteiger charge is -2.20. The third kappa shape index (κ3) is 96.1. The van der Waals surface area contributed by atoms with E-state index < -0.39 is 0 Å². The molecule has 394 valence electrons. The molecule has 0 heterocycles. The highest BCUT2D eigenvalue weighted by atomic mass is 14.2. The van der Waals surface area contributed by atoms with Gasteiger partial charge >= 0.3 is 0 Å². The standard InChI is InChI=1S/2C15H32.C14H30.C13H28.C7H16/c1-14(2,3)12-10-8-7-9-11-13-15(4,5)6;1-14(2)12-10-8-6-7-9-11-13-15(3,4)5;1-13(2,3)11-9-7-8-10-12-14(4,5)6;1-12(2,3)10-8-7-9-11-13(4,5)6;1-6(2)5-7(3)4/h7-13H2,1-6H3;14H,6-13H2,1-5H3;7-12H2,1-6H3;7-11H2,1-6H3;6-7H,5H2,1-4H3. The summed E-state index contributed by atoms with van der Waals surface area (Å²) in [5.74, 6) is 2.64. The molecule has 0 saturated carbocycles. The minimum Gasteiger partial charge on any atom is -0.0628 e. The molecular weight excluding hydrogens is 769 g/mol. The maximum Gasteiger partial charge on any atom is -0.0383 e. The SMILES string of the molecule is CC(C)(C)CCCCCC(C)(C)C.CC(C)(C)CCCCCCC(C)(C)C.CC(C)(C)CCCCCCCC(C)(C)C.CC(C)CC(C)C.CC(C)CCCCCCCCC(C)(C)C. The summed E-state index contributed by atoms with van der Waals surface area (Å²) in [7, 11) is 0. The Morgan fingerprint density at radius 3 is 0.453 bits per heavy atom. The molecule has 0 aromatic rings. The van der Waals surface area contributed by atoms with Crippen molar-refractivity contribution in [3.8, 4) is 0 Å². The molecule has 0 nitrogen and oxygen atoms in total. The molecule has 0 aliphatic rings. The van der Waals surface area contributed by atoms with Crippen LogP contribution in [0.2, 0.25) is 0 Å². The first-order chi connectivity index (χ1) is 28.7. The predicted octanol–water partition coefficient (Wildman–Crippen LogP) is 24.8. The largest absolute Gasteiger partial charge is 0.0628 e. The van der Waals surface area contributed by atoms with Crippen LogP contribution in [0.1, 0.15) is 360 Å². The molecule has 0 bridgehead atoms. The Morgan fingerprint density at radius 1 is 0.188 bits per heavy atom. The molecular formula is C64H138. The molecule has 0 unspecified atom stereocenters. The average Bonchev–Trinajstić information content (AvgIpc) is 3.04. The van der Waals surface area contributed by atoms with Crippen molar-refractivity contribution in [3.05, 3.63) is 0 Å². The molecule has 0 aliphatic heterocycles. The number of rotatable bonds is 25. The van der Waals surface area contributed by atoms with Gasteiger partial charge in [-0.2, -0.15) is 0 Å². The van der Waals surface area contributed by atoms with Crippen LogP contribution in [0.5, 0.6) is 0 Å². The Balaban J connectivity index is -0.000000230. The number of hydrogen-bond acceptors (Lipinski definition) is 0. The van der Waals surface area contributed by atoms with Crippen LogP contribution < -0.4 is 0 Å². The normalized spacial score (nSPS) is 12.8. The minimum atomic E-state index is 0.529. The van der Waals surface area contributed by atoms with Gasteiger partial charge in [0.1, 0.15) is 0 Å². The zero-order valence-electron chi connectivity index (χ0n) is 51.3. The van der Waals surface area contributed by atoms with Crippen molar-refractivity contribution in [2.24, 2.45) is 55.7 Å². The molecule has 0 atom stereocenters. The Bertz CT molecular complexity index is 850. The second-order valence-electron chi connectivity index (χ2n) is 30.7. The zero-order chi connectivity index (χ0) is 51.3. The van der Waals surface area contributed by atoms with E-state index in [9.17, 15) is 0 Å². The van der Waals surface area contributed by atoms with Crippen LogP contribution in [-0.4, -0.2) is 0 Å². The van der Waals surface area contributed by atoms with Crippen LogP contribution in [0, 0.1) is 55.7 Å². The number of unbranched alkanes of at least 4 members (excludes halogenated alkanes) is 14. The van der Waals surface area contributed by atoms with Crippen molar-refractivity contribution in [1.29, 1.82) is 0 Å². The molecule has 0 rings (SSSR count). The van der Waals surface area contributed by atoms with Gasteiger partial charge in [0.25, 0.3) is 0 Å². The Morgan fingerprint density at radius 2 is 0.328 bits per heavy atom.